The molecule has 0 saturated carbocycles. The zero-order valence-corrected chi connectivity index (χ0v) is 29.8. The summed E-state index contributed by atoms with van der Waals surface area (Å²) in [6.07, 6.45) is 0. The van der Waals surface area contributed by atoms with Crippen LogP contribution in [0, 0.1) is 0 Å². The average Bonchev–Trinajstić information content (AvgIpc) is 3.67. The monoisotopic (exact) mass is 670 g/mol. The van der Waals surface area contributed by atoms with Crippen LogP contribution in [0.4, 0.5) is 0 Å². The van der Waals surface area contributed by atoms with E-state index in [1.54, 1.807) is 0 Å². The SMILES string of the molecule is CC.CC1(C)c2cc(-c3cccc4c5ccccc5n(-c5nc(-c6ccccc6)nc(-c6ccccc6)n5)c34)ccc2-c2c1ccc1ccccc21. The normalized spacial score (nSPS) is 12.8. The van der Waals surface area contributed by atoms with Gasteiger partial charge in [0.15, 0.2) is 11.6 Å². The van der Waals surface area contributed by atoms with Crippen molar-refractivity contribution in [3.8, 4) is 51.0 Å². The molecule has 1 aliphatic carbocycles. The molecule has 9 aromatic rings. The highest BCUT2D eigenvalue weighted by Crippen LogP contribution is 2.52. The molecule has 0 amide bonds. The number of fused-ring (bicyclic) bond motifs is 8. The molecule has 0 atom stereocenters. The van der Waals surface area contributed by atoms with Gasteiger partial charge in [-0.2, -0.15) is 9.97 Å². The van der Waals surface area contributed by atoms with Crippen LogP contribution in [0.25, 0.3) is 83.6 Å². The molecule has 7 aromatic carbocycles. The van der Waals surface area contributed by atoms with E-state index in [9.17, 15) is 0 Å². The minimum absolute atomic E-state index is 0.144. The van der Waals surface area contributed by atoms with Crippen molar-refractivity contribution in [1.29, 1.82) is 0 Å². The van der Waals surface area contributed by atoms with Gasteiger partial charge in [-0.1, -0.05) is 173 Å². The maximum atomic E-state index is 5.18. The van der Waals surface area contributed by atoms with Gasteiger partial charge in [0.1, 0.15) is 0 Å². The molecule has 2 heterocycles. The second-order valence-electron chi connectivity index (χ2n) is 13.7. The lowest BCUT2D eigenvalue weighted by atomic mass is 9.81. The Morgan fingerprint density at radius 2 is 1.08 bits per heavy atom. The van der Waals surface area contributed by atoms with Crippen molar-refractivity contribution in [2.24, 2.45) is 0 Å². The summed E-state index contributed by atoms with van der Waals surface area (Å²) in [5.41, 5.74) is 11.6. The molecule has 52 heavy (non-hydrogen) atoms. The van der Waals surface area contributed by atoms with Gasteiger partial charge in [0.25, 0.3) is 0 Å². The Morgan fingerprint density at radius 1 is 0.462 bits per heavy atom. The van der Waals surface area contributed by atoms with E-state index in [1.165, 1.54) is 38.6 Å². The van der Waals surface area contributed by atoms with Crippen molar-refractivity contribution < 1.29 is 0 Å². The Bertz CT molecular complexity index is 2720. The van der Waals surface area contributed by atoms with Crippen LogP contribution >= 0.6 is 0 Å². The van der Waals surface area contributed by atoms with Crippen LogP contribution in [0.1, 0.15) is 38.8 Å². The van der Waals surface area contributed by atoms with Crippen LogP contribution < -0.4 is 0 Å². The van der Waals surface area contributed by atoms with Gasteiger partial charge in [-0.05, 0) is 50.7 Å². The number of rotatable bonds is 4. The molecule has 4 nitrogen and oxygen atoms in total. The van der Waals surface area contributed by atoms with E-state index >= 15 is 0 Å². The fourth-order valence-corrected chi connectivity index (χ4v) is 8.03. The summed E-state index contributed by atoms with van der Waals surface area (Å²) in [7, 11) is 0. The lowest BCUT2D eigenvalue weighted by Gasteiger charge is -2.22. The molecule has 0 radical (unpaired) electrons. The number of hydrogen-bond donors (Lipinski definition) is 0. The van der Waals surface area contributed by atoms with Gasteiger partial charge < -0.3 is 0 Å². The number of aromatic nitrogens is 4. The molecule has 0 bridgehead atoms. The molecule has 4 heteroatoms. The van der Waals surface area contributed by atoms with E-state index in [0.717, 1.165) is 38.5 Å². The third-order valence-corrected chi connectivity index (χ3v) is 10.5. The Morgan fingerprint density at radius 3 is 1.79 bits per heavy atom. The maximum Gasteiger partial charge on any atom is 0.238 e. The van der Waals surface area contributed by atoms with E-state index in [1.807, 2.05) is 50.2 Å². The van der Waals surface area contributed by atoms with Crippen LogP contribution in [-0.4, -0.2) is 19.5 Å². The highest BCUT2D eigenvalue weighted by Gasteiger charge is 2.36. The molecule has 0 saturated heterocycles. The molecule has 10 rings (SSSR count). The first-order valence-corrected chi connectivity index (χ1v) is 18.1. The number of nitrogens with zero attached hydrogens (tertiary/aromatic N) is 4. The van der Waals surface area contributed by atoms with Gasteiger partial charge in [0, 0.05) is 32.9 Å². The first kappa shape index (κ1) is 31.6. The molecule has 0 N–H and O–H groups in total. The third-order valence-electron chi connectivity index (χ3n) is 10.5. The zero-order valence-electron chi connectivity index (χ0n) is 29.8. The molecule has 0 fully saturated rings. The molecule has 0 unspecified atom stereocenters. The highest BCUT2D eigenvalue weighted by atomic mass is 15.2. The largest absolute Gasteiger partial charge is 0.277 e. The summed E-state index contributed by atoms with van der Waals surface area (Å²) < 4.78 is 2.24. The number of hydrogen-bond acceptors (Lipinski definition) is 3. The van der Waals surface area contributed by atoms with E-state index in [0.29, 0.717) is 17.6 Å². The van der Waals surface area contributed by atoms with Gasteiger partial charge in [-0.25, -0.2) is 4.98 Å². The molecular weight excluding hydrogens is 633 g/mol. The predicted octanol–water partition coefficient (Wildman–Crippen LogP) is 12.5. The second kappa shape index (κ2) is 12.4. The average molecular weight is 671 g/mol. The Labute approximate surface area is 304 Å². The first-order valence-electron chi connectivity index (χ1n) is 18.1. The van der Waals surface area contributed by atoms with E-state index in [-0.39, 0.29) is 5.41 Å². The fourth-order valence-electron chi connectivity index (χ4n) is 8.03. The highest BCUT2D eigenvalue weighted by molar-refractivity contribution is 6.14. The van der Waals surface area contributed by atoms with Gasteiger partial charge in [-0.15, -0.1) is 0 Å². The molecule has 0 aliphatic heterocycles. The van der Waals surface area contributed by atoms with Crippen LogP contribution in [-0.2, 0) is 5.41 Å². The third kappa shape index (κ3) is 4.86. The summed E-state index contributed by atoms with van der Waals surface area (Å²) in [4.78, 5) is 15.4. The lowest BCUT2D eigenvalue weighted by molar-refractivity contribution is 0.661. The summed E-state index contributed by atoms with van der Waals surface area (Å²) in [6, 6.07) is 55.9. The van der Waals surface area contributed by atoms with Crippen molar-refractivity contribution in [3.05, 3.63) is 169 Å². The van der Waals surface area contributed by atoms with Gasteiger partial charge >= 0.3 is 0 Å². The van der Waals surface area contributed by atoms with Crippen molar-refractivity contribution >= 4 is 32.6 Å². The summed E-state index contributed by atoms with van der Waals surface area (Å²) in [6.45, 7) is 8.71. The second-order valence-corrected chi connectivity index (χ2v) is 13.7. The molecular formula is C48H38N4. The van der Waals surface area contributed by atoms with E-state index in [4.69, 9.17) is 15.0 Å². The maximum absolute atomic E-state index is 5.18. The minimum atomic E-state index is -0.144. The smallest absolute Gasteiger partial charge is 0.238 e. The molecule has 0 spiro atoms. The predicted molar refractivity (Wildman–Crippen MR) is 217 cm³/mol. The van der Waals surface area contributed by atoms with Crippen LogP contribution in [0.15, 0.2) is 158 Å². The van der Waals surface area contributed by atoms with Crippen molar-refractivity contribution in [1.82, 2.24) is 19.5 Å². The van der Waals surface area contributed by atoms with Crippen molar-refractivity contribution in [2.75, 3.05) is 0 Å². The Hall–Kier alpha value is -6.39. The number of benzene rings is 7. The van der Waals surface area contributed by atoms with Crippen molar-refractivity contribution in [3.63, 3.8) is 0 Å². The van der Waals surface area contributed by atoms with Crippen LogP contribution in [0.3, 0.4) is 0 Å². The van der Waals surface area contributed by atoms with Crippen molar-refractivity contribution in [2.45, 2.75) is 33.1 Å². The summed E-state index contributed by atoms with van der Waals surface area (Å²) in [5.74, 6) is 1.88. The molecule has 250 valence electrons. The number of para-hydroxylation sites is 2. The van der Waals surface area contributed by atoms with Crippen LogP contribution in [0.2, 0.25) is 0 Å². The Balaban J connectivity index is 0.00000177. The molecule has 2 aromatic heterocycles. The summed E-state index contributed by atoms with van der Waals surface area (Å²) >= 11 is 0. The minimum Gasteiger partial charge on any atom is -0.277 e. The van der Waals surface area contributed by atoms with Crippen LogP contribution in [0.5, 0.6) is 0 Å². The van der Waals surface area contributed by atoms with Gasteiger partial charge in [-0.3, -0.25) is 4.57 Å². The standard InChI is InChI=1S/C46H32N4.C2H6/c1-46(2)38-27-25-29-14-9-10-19-33(29)41(38)37-26-24-32(28-39(37)46)34-21-13-22-36-35-20-11-12-23-40(35)50(42(34)36)45-48-43(30-15-5-3-6-16-30)47-44(49-45)31-17-7-4-8-18-31;1-2/h3-28H,1-2H3;1-2H3. The lowest BCUT2D eigenvalue weighted by Crippen LogP contribution is -2.15. The quantitative estimate of drug-likeness (QED) is 0.187. The van der Waals surface area contributed by atoms with E-state index in [2.05, 4.69) is 140 Å². The fraction of sp³-hybridized carbons (Fsp3) is 0.104. The topological polar surface area (TPSA) is 43.6 Å². The summed E-state index contributed by atoms with van der Waals surface area (Å²) in [5, 5.41) is 4.91. The van der Waals surface area contributed by atoms with Gasteiger partial charge in [0.2, 0.25) is 5.95 Å². The molecule has 1 aliphatic rings. The Kier molecular flexibility index (Phi) is 7.55. The van der Waals surface area contributed by atoms with Gasteiger partial charge in [0.05, 0.1) is 11.0 Å². The zero-order chi connectivity index (χ0) is 35.4. The van der Waals surface area contributed by atoms with E-state index < -0.39 is 0 Å². The first-order chi connectivity index (χ1) is 25.6.